The average Bonchev–Trinajstić information content (AvgIpc) is 2.82. The van der Waals surface area contributed by atoms with Gasteiger partial charge in [0, 0.05) is 23.6 Å². The number of hydrogen-bond acceptors (Lipinski definition) is 3. The van der Waals surface area contributed by atoms with E-state index in [1.807, 2.05) is 32.0 Å². The highest BCUT2D eigenvalue weighted by atomic mass is 16.6. The molecule has 0 aromatic heterocycles. The first-order chi connectivity index (χ1) is 9.97. The maximum absolute atomic E-state index is 12.1. The van der Waals surface area contributed by atoms with Gasteiger partial charge in [-0.15, -0.1) is 0 Å². The fraction of sp³-hybridized carbons (Fsp3) is 0.235. The fourth-order valence-corrected chi connectivity index (χ4v) is 2.80. The molecule has 2 aromatic carbocycles. The summed E-state index contributed by atoms with van der Waals surface area (Å²) >= 11 is 0. The van der Waals surface area contributed by atoms with Gasteiger partial charge in [-0.05, 0) is 40.8 Å². The van der Waals surface area contributed by atoms with Crippen molar-refractivity contribution in [2.75, 3.05) is 0 Å². The number of nitro groups is 1. The lowest BCUT2D eigenvalue weighted by molar-refractivity contribution is -0.384. The first-order valence-corrected chi connectivity index (χ1v) is 6.92. The number of non-ortho nitro benzene ring substituents is 1. The van der Waals surface area contributed by atoms with E-state index in [1.165, 1.54) is 6.07 Å². The number of fused-ring (bicyclic) bond motifs is 3. The van der Waals surface area contributed by atoms with E-state index in [4.69, 9.17) is 0 Å². The highest BCUT2D eigenvalue weighted by Gasteiger charge is 2.22. The van der Waals surface area contributed by atoms with E-state index in [2.05, 4.69) is 0 Å². The average molecular weight is 281 g/mol. The van der Waals surface area contributed by atoms with Crippen molar-refractivity contribution < 1.29 is 9.72 Å². The normalized spacial score (nSPS) is 12.1. The number of hydrogen-bond donors (Lipinski definition) is 0. The predicted molar refractivity (Wildman–Crippen MR) is 80.5 cm³/mol. The molecule has 0 aliphatic heterocycles. The van der Waals surface area contributed by atoms with Crippen molar-refractivity contribution in [1.82, 2.24) is 0 Å². The topological polar surface area (TPSA) is 60.2 Å². The summed E-state index contributed by atoms with van der Waals surface area (Å²) in [5.74, 6) is 0.0904. The molecule has 0 bridgehead atoms. The van der Waals surface area contributed by atoms with Crippen molar-refractivity contribution in [3.05, 3.63) is 63.2 Å². The van der Waals surface area contributed by atoms with Crippen molar-refractivity contribution in [3.8, 4) is 11.1 Å². The lowest BCUT2D eigenvalue weighted by Crippen LogP contribution is -2.07. The summed E-state index contributed by atoms with van der Waals surface area (Å²) < 4.78 is 0. The first kappa shape index (κ1) is 13.5. The lowest BCUT2D eigenvalue weighted by atomic mass is 9.97. The summed E-state index contributed by atoms with van der Waals surface area (Å²) in [6.07, 6.45) is 0.644. The molecule has 21 heavy (non-hydrogen) atoms. The van der Waals surface area contributed by atoms with Crippen LogP contribution in [0.3, 0.4) is 0 Å². The Balaban J connectivity index is 2.03. The van der Waals surface area contributed by atoms with Crippen LogP contribution in [0.15, 0.2) is 36.4 Å². The van der Waals surface area contributed by atoms with Gasteiger partial charge in [-0.1, -0.05) is 26.0 Å². The number of benzene rings is 2. The van der Waals surface area contributed by atoms with Crippen molar-refractivity contribution >= 4 is 11.5 Å². The summed E-state index contributed by atoms with van der Waals surface area (Å²) in [5.41, 5.74) is 4.94. The summed E-state index contributed by atoms with van der Waals surface area (Å²) in [6.45, 7) is 3.77. The van der Waals surface area contributed by atoms with Crippen molar-refractivity contribution in [3.63, 3.8) is 0 Å². The van der Waals surface area contributed by atoms with Crippen LogP contribution in [0.1, 0.15) is 35.3 Å². The van der Waals surface area contributed by atoms with Crippen LogP contribution in [0.5, 0.6) is 0 Å². The van der Waals surface area contributed by atoms with Crippen LogP contribution in [0.2, 0.25) is 0 Å². The van der Waals surface area contributed by atoms with E-state index in [-0.39, 0.29) is 22.3 Å². The van der Waals surface area contributed by atoms with E-state index in [0.29, 0.717) is 12.0 Å². The number of nitro benzene ring substituents is 1. The van der Waals surface area contributed by atoms with Gasteiger partial charge in [0.05, 0.1) is 4.92 Å². The van der Waals surface area contributed by atoms with Gasteiger partial charge in [-0.25, -0.2) is 0 Å². The second-order valence-electron chi connectivity index (χ2n) is 5.67. The largest absolute Gasteiger partial charge is 0.294 e. The second-order valence-corrected chi connectivity index (χ2v) is 5.67. The Hall–Kier alpha value is -2.49. The maximum atomic E-state index is 12.1. The quantitative estimate of drug-likeness (QED) is 0.414. The molecule has 0 unspecified atom stereocenters. The van der Waals surface area contributed by atoms with Gasteiger partial charge < -0.3 is 0 Å². The van der Waals surface area contributed by atoms with Crippen LogP contribution in [-0.2, 0) is 6.42 Å². The van der Waals surface area contributed by atoms with E-state index in [9.17, 15) is 14.9 Å². The van der Waals surface area contributed by atoms with Gasteiger partial charge in [0.1, 0.15) is 0 Å². The minimum atomic E-state index is -0.378. The Morgan fingerprint density at radius 1 is 1.10 bits per heavy atom. The molecular weight excluding hydrogens is 266 g/mol. The van der Waals surface area contributed by atoms with Crippen molar-refractivity contribution in [2.45, 2.75) is 20.3 Å². The van der Waals surface area contributed by atoms with Crippen LogP contribution >= 0.6 is 0 Å². The molecule has 1 aliphatic rings. The smallest absolute Gasteiger partial charge is 0.269 e. The molecule has 0 N–H and O–H groups in total. The monoisotopic (exact) mass is 281 g/mol. The molecule has 4 heteroatoms. The number of Topliss-reactive ketones (excluding diaryl/α,β-unsaturated/α-hetero) is 1. The van der Waals surface area contributed by atoms with E-state index in [1.54, 1.807) is 12.1 Å². The van der Waals surface area contributed by atoms with Gasteiger partial charge in [-0.3, -0.25) is 14.9 Å². The van der Waals surface area contributed by atoms with Crippen LogP contribution in [0.4, 0.5) is 5.69 Å². The third-order valence-electron chi connectivity index (χ3n) is 3.88. The SMILES string of the molecule is CC(C)C(=O)c1ccc2c(c1)Cc1cc([N+](=O)[O-])ccc1-2. The molecule has 3 rings (SSSR count). The van der Waals surface area contributed by atoms with Gasteiger partial charge in [0.2, 0.25) is 0 Å². The standard InChI is InChI=1S/C17H15NO3/c1-10(2)17(19)11-3-5-15-12(7-11)8-13-9-14(18(20)21)4-6-16(13)15/h3-7,9-10H,8H2,1-2H3. The Labute approximate surface area is 122 Å². The van der Waals surface area contributed by atoms with Gasteiger partial charge in [0.15, 0.2) is 5.78 Å². The molecular formula is C17H15NO3. The highest BCUT2D eigenvalue weighted by Crippen LogP contribution is 2.38. The molecule has 0 atom stereocenters. The number of carbonyl (C=O) groups is 1. The number of nitrogens with zero attached hydrogens (tertiary/aromatic N) is 1. The Bertz CT molecular complexity index is 763. The zero-order valence-corrected chi connectivity index (χ0v) is 11.9. The Morgan fingerprint density at radius 3 is 2.33 bits per heavy atom. The van der Waals surface area contributed by atoms with Crippen molar-refractivity contribution in [2.24, 2.45) is 5.92 Å². The molecule has 0 spiro atoms. The van der Waals surface area contributed by atoms with Gasteiger partial charge >= 0.3 is 0 Å². The van der Waals surface area contributed by atoms with E-state index >= 15 is 0 Å². The van der Waals surface area contributed by atoms with Crippen LogP contribution < -0.4 is 0 Å². The van der Waals surface area contributed by atoms with E-state index < -0.39 is 0 Å². The van der Waals surface area contributed by atoms with Gasteiger partial charge in [0.25, 0.3) is 5.69 Å². The first-order valence-electron chi connectivity index (χ1n) is 6.92. The zero-order chi connectivity index (χ0) is 15.1. The Kier molecular flexibility index (Phi) is 3.09. The molecule has 1 aliphatic carbocycles. The van der Waals surface area contributed by atoms with Crippen molar-refractivity contribution in [1.29, 1.82) is 0 Å². The number of rotatable bonds is 3. The zero-order valence-electron chi connectivity index (χ0n) is 11.9. The predicted octanol–water partition coefficient (Wildman–Crippen LogP) is 4.00. The maximum Gasteiger partial charge on any atom is 0.269 e. The summed E-state index contributed by atoms with van der Waals surface area (Å²) in [6, 6.07) is 10.7. The minimum absolute atomic E-state index is 0.0343. The molecule has 0 saturated carbocycles. The van der Waals surface area contributed by atoms with Crippen LogP contribution in [0.25, 0.3) is 11.1 Å². The summed E-state index contributed by atoms with van der Waals surface area (Å²) in [4.78, 5) is 22.5. The molecule has 0 amide bonds. The molecule has 106 valence electrons. The molecule has 4 nitrogen and oxygen atoms in total. The molecule has 2 aromatic rings. The van der Waals surface area contributed by atoms with E-state index in [0.717, 1.165) is 22.3 Å². The Morgan fingerprint density at radius 2 is 1.71 bits per heavy atom. The fourth-order valence-electron chi connectivity index (χ4n) is 2.80. The molecule has 0 fully saturated rings. The third-order valence-corrected chi connectivity index (χ3v) is 3.88. The third kappa shape index (κ3) is 2.23. The molecule has 0 saturated heterocycles. The second kappa shape index (κ2) is 4.81. The number of carbonyl (C=O) groups excluding carboxylic acids is 1. The molecule has 0 heterocycles. The van der Waals surface area contributed by atoms with Gasteiger partial charge in [-0.2, -0.15) is 0 Å². The lowest BCUT2D eigenvalue weighted by Gasteiger charge is -2.06. The minimum Gasteiger partial charge on any atom is -0.294 e. The summed E-state index contributed by atoms with van der Waals surface area (Å²) in [5, 5.41) is 10.9. The summed E-state index contributed by atoms with van der Waals surface area (Å²) in [7, 11) is 0. The number of ketones is 1. The highest BCUT2D eigenvalue weighted by molar-refractivity contribution is 5.98. The molecule has 0 radical (unpaired) electrons. The van der Waals surface area contributed by atoms with Crippen LogP contribution in [0, 0.1) is 16.0 Å². The van der Waals surface area contributed by atoms with Crippen LogP contribution in [-0.4, -0.2) is 10.7 Å².